The Morgan fingerprint density at radius 1 is 0.947 bits per heavy atom. The highest BCUT2D eigenvalue weighted by Gasteiger charge is 2.13. The normalized spacial score (nSPS) is 10.1. The number of rotatable bonds is 5. The molecule has 0 heterocycles. The van der Waals surface area contributed by atoms with Crippen molar-refractivity contribution in [1.82, 2.24) is 0 Å². The highest BCUT2D eigenvalue weighted by Crippen LogP contribution is 2.39. The average Bonchev–Trinajstić information content (AvgIpc) is 2.46. The summed E-state index contributed by atoms with van der Waals surface area (Å²) < 4.78 is 17.6. The number of hydrogen-bond acceptors (Lipinski definition) is 3. The molecular weight excluding hydrogens is 355 g/mol. The van der Waals surface area contributed by atoms with E-state index in [-0.39, 0.29) is 0 Å². The number of methoxy groups -OCH3 is 2. The molecule has 0 N–H and O–H groups in total. The lowest BCUT2D eigenvalue weighted by atomic mass is 10.2. The lowest BCUT2D eigenvalue weighted by molar-refractivity contribution is 0.265. The van der Waals surface area contributed by atoms with E-state index < -0.39 is 0 Å². The van der Waals surface area contributed by atoms with Gasteiger partial charge in [0, 0.05) is 3.57 Å². The van der Waals surface area contributed by atoms with Crippen molar-refractivity contribution in [2.24, 2.45) is 0 Å². The standard InChI is InChI=1S/C15H15IO3/c1-17-13-8-12(16)9-14(18-2)15(13)19-10-11-6-4-3-5-7-11/h3-9H,10H2,1-2H3. The van der Waals surface area contributed by atoms with Crippen molar-refractivity contribution in [2.45, 2.75) is 6.61 Å². The van der Waals surface area contributed by atoms with Gasteiger partial charge in [0.25, 0.3) is 0 Å². The Labute approximate surface area is 126 Å². The predicted octanol–water partition coefficient (Wildman–Crippen LogP) is 3.89. The summed E-state index contributed by atoms with van der Waals surface area (Å²) in [6, 6.07) is 13.8. The van der Waals surface area contributed by atoms with E-state index in [4.69, 9.17) is 14.2 Å². The lowest BCUT2D eigenvalue weighted by Crippen LogP contribution is -2.00. The van der Waals surface area contributed by atoms with E-state index >= 15 is 0 Å². The van der Waals surface area contributed by atoms with Crippen molar-refractivity contribution < 1.29 is 14.2 Å². The van der Waals surface area contributed by atoms with Crippen molar-refractivity contribution in [3.63, 3.8) is 0 Å². The van der Waals surface area contributed by atoms with Gasteiger partial charge in [0.1, 0.15) is 6.61 Å². The summed E-state index contributed by atoms with van der Waals surface area (Å²) in [7, 11) is 3.25. The second-order valence-electron chi connectivity index (χ2n) is 3.91. The van der Waals surface area contributed by atoms with Gasteiger partial charge in [0.2, 0.25) is 5.75 Å². The lowest BCUT2D eigenvalue weighted by Gasteiger charge is -2.14. The fourth-order valence-electron chi connectivity index (χ4n) is 1.72. The Bertz CT molecular complexity index is 515. The maximum Gasteiger partial charge on any atom is 0.203 e. The maximum absolute atomic E-state index is 5.84. The number of halogens is 1. The average molecular weight is 370 g/mol. The Kier molecular flexibility index (Phi) is 4.90. The second kappa shape index (κ2) is 6.65. The molecule has 0 aliphatic heterocycles. The van der Waals surface area contributed by atoms with Gasteiger partial charge in [-0.1, -0.05) is 30.3 Å². The Hall–Kier alpha value is -1.43. The van der Waals surface area contributed by atoms with Crippen molar-refractivity contribution in [1.29, 1.82) is 0 Å². The van der Waals surface area contributed by atoms with Gasteiger partial charge in [-0.3, -0.25) is 0 Å². The number of ether oxygens (including phenoxy) is 3. The smallest absolute Gasteiger partial charge is 0.203 e. The first kappa shape index (κ1) is 14.0. The van der Waals surface area contributed by atoms with Crippen molar-refractivity contribution in [3.8, 4) is 17.2 Å². The Morgan fingerprint density at radius 3 is 2.05 bits per heavy atom. The van der Waals surface area contributed by atoms with Crippen LogP contribution < -0.4 is 14.2 Å². The Morgan fingerprint density at radius 2 is 1.53 bits per heavy atom. The van der Waals surface area contributed by atoms with Crippen LogP contribution in [0.1, 0.15) is 5.56 Å². The Balaban J connectivity index is 2.23. The van der Waals surface area contributed by atoms with Crippen LogP contribution in [0.2, 0.25) is 0 Å². The summed E-state index contributed by atoms with van der Waals surface area (Å²) in [6.45, 7) is 0.480. The zero-order valence-corrected chi connectivity index (χ0v) is 13.0. The van der Waals surface area contributed by atoms with Gasteiger partial charge in [-0.2, -0.15) is 0 Å². The molecule has 2 rings (SSSR count). The molecule has 100 valence electrons. The maximum atomic E-state index is 5.84. The molecule has 0 aromatic heterocycles. The van der Waals surface area contributed by atoms with Crippen LogP contribution in [-0.4, -0.2) is 14.2 Å². The van der Waals surface area contributed by atoms with Gasteiger partial charge >= 0.3 is 0 Å². The first-order valence-electron chi connectivity index (χ1n) is 5.83. The first-order valence-corrected chi connectivity index (χ1v) is 6.90. The quantitative estimate of drug-likeness (QED) is 0.748. The molecule has 0 atom stereocenters. The molecule has 19 heavy (non-hydrogen) atoms. The van der Waals surface area contributed by atoms with Crippen LogP contribution in [-0.2, 0) is 6.61 Å². The number of benzene rings is 2. The monoisotopic (exact) mass is 370 g/mol. The van der Waals surface area contributed by atoms with E-state index in [2.05, 4.69) is 22.6 Å². The van der Waals surface area contributed by atoms with Crippen molar-refractivity contribution in [3.05, 3.63) is 51.6 Å². The third-order valence-corrected chi connectivity index (χ3v) is 3.27. The first-order chi connectivity index (χ1) is 9.24. The predicted molar refractivity (Wildman–Crippen MR) is 83.0 cm³/mol. The molecule has 0 radical (unpaired) electrons. The van der Waals surface area contributed by atoms with Crippen LogP contribution in [0.5, 0.6) is 17.2 Å². The molecule has 0 unspecified atom stereocenters. The van der Waals surface area contributed by atoms with Gasteiger partial charge in [-0.15, -0.1) is 0 Å². The fourth-order valence-corrected chi connectivity index (χ4v) is 2.29. The molecule has 0 fully saturated rings. The van der Waals surface area contributed by atoms with E-state index in [0.717, 1.165) is 9.13 Å². The largest absolute Gasteiger partial charge is 0.493 e. The third kappa shape index (κ3) is 3.53. The molecule has 4 heteroatoms. The molecule has 0 saturated heterocycles. The summed E-state index contributed by atoms with van der Waals surface area (Å²) >= 11 is 2.22. The zero-order valence-electron chi connectivity index (χ0n) is 10.9. The van der Waals surface area contributed by atoms with E-state index in [1.807, 2.05) is 42.5 Å². The summed E-state index contributed by atoms with van der Waals surface area (Å²) in [6.07, 6.45) is 0. The molecule has 2 aromatic rings. The van der Waals surface area contributed by atoms with Crippen LogP contribution in [0.25, 0.3) is 0 Å². The molecule has 0 aliphatic rings. The van der Waals surface area contributed by atoms with Gasteiger partial charge in [-0.05, 0) is 40.3 Å². The SMILES string of the molecule is COc1cc(I)cc(OC)c1OCc1ccccc1. The topological polar surface area (TPSA) is 27.7 Å². The van der Waals surface area contributed by atoms with E-state index in [9.17, 15) is 0 Å². The summed E-state index contributed by atoms with van der Waals surface area (Å²) in [5.41, 5.74) is 1.10. The molecule has 0 saturated carbocycles. The highest BCUT2D eigenvalue weighted by atomic mass is 127. The van der Waals surface area contributed by atoms with Gasteiger partial charge in [0.05, 0.1) is 14.2 Å². The summed E-state index contributed by atoms with van der Waals surface area (Å²) in [5, 5.41) is 0. The van der Waals surface area contributed by atoms with Crippen molar-refractivity contribution >= 4 is 22.6 Å². The third-order valence-electron chi connectivity index (χ3n) is 2.65. The van der Waals surface area contributed by atoms with Crippen LogP contribution in [0.3, 0.4) is 0 Å². The van der Waals surface area contributed by atoms with Gasteiger partial charge < -0.3 is 14.2 Å². The molecular formula is C15H15IO3. The molecule has 0 spiro atoms. The highest BCUT2D eigenvalue weighted by molar-refractivity contribution is 14.1. The van der Waals surface area contributed by atoms with Crippen LogP contribution in [0, 0.1) is 3.57 Å². The zero-order chi connectivity index (χ0) is 13.7. The minimum absolute atomic E-state index is 0.480. The molecule has 0 amide bonds. The van der Waals surface area contributed by atoms with E-state index in [0.29, 0.717) is 23.9 Å². The second-order valence-corrected chi connectivity index (χ2v) is 5.16. The van der Waals surface area contributed by atoms with Gasteiger partial charge in [0.15, 0.2) is 11.5 Å². The van der Waals surface area contributed by atoms with E-state index in [1.165, 1.54) is 0 Å². The van der Waals surface area contributed by atoms with Crippen LogP contribution in [0.15, 0.2) is 42.5 Å². The van der Waals surface area contributed by atoms with Crippen LogP contribution >= 0.6 is 22.6 Å². The summed E-state index contributed by atoms with van der Waals surface area (Å²) in [5.74, 6) is 1.99. The van der Waals surface area contributed by atoms with Gasteiger partial charge in [-0.25, -0.2) is 0 Å². The minimum Gasteiger partial charge on any atom is -0.493 e. The van der Waals surface area contributed by atoms with E-state index in [1.54, 1.807) is 14.2 Å². The fraction of sp³-hybridized carbons (Fsp3) is 0.200. The van der Waals surface area contributed by atoms with Crippen LogP contribution in [0.4, 0.5) is 0 Å². The molecule has 0 aliphatic carbocycles. The molecule has 0 bridgehead atoms. The molecule has 2 aromatic carbocycles. The molecule has 3 nitrogen and oxygen atoms in total. The van der Waals surface area contributed by atoms with Crippen molar-refractivity contribution in [2.75, 3.05) is 14.2 Å². The summed E-state index contributed by atoms with van der Waals surface area (Å²) in [4.78, 5) is 0. The number of hydrogen-bond donors (Lipinski definition) is 0. The minimum atomic E-state index is 0.480.